The number of nitrogens with one attached hydrogen (secondary N) is 1. The minimum absolute atomic E-state index is 0.0457. The maximum Gasteiger partial charge on any atom is 0.357 e. The first-order valence-corrected chi connectivity index (χ1v) is 16.0. The number of anilines is 1. The maximum absolute atomic E-state index is 11.4. The number of hydrogen-bond donors (Lipinski definition) is 3. The Balaban J connectivity index is 1.36. The molecule has 1 saturated heterocycles. The highest BCUT2D eigenvalue weighted by molar-refractivity contribution is 7.87. The van der Waals surface area contributed by atoms with Crippen LogP contribution in [-0.2, 0) is 16.7 Å². The van der Waals surface area contributed by atoms with E-state index in [4.69, 9.17) is 0 Å². The van der Waals surface area contributed by atoms with Gasteiger partial charge in [0.1, 0.15) is 0 Å². The summed E-state index contributed by atoms with van der Waals surface area (Å²) in [5.41, 5.74) is 2.78. The third-order valence-corrected chi connectivity index (χ3v) is 11.1. The van der Waals surface area contributed by atoms with E-state index < -0.39 is 10.3 Å². The fourth-order valence-electron chi connectivity index (χ4n) is 9.02. The SMILES string of the molecule is C=CC12CCc3cc(NS(=O)(=O)O)ccc3C1[C@@H](CCCCCCN1CCCC1)C[C@@]1(C)C2CC[C@@H]1O. The van der Waals surface area contributed by atoms with Crippen LogP contribution < -0.4 is 4.72 Å². The lowest BCUT2D eigenvalue weighted by molar-refractivity contribution is -0.0812. The molecule has 206 valence electrons. The number of unbranched alkanes of at least 4 members (excludes halogenated alkanes) is 3. The Morgan fingerprint density at radius 2 is 1.92 bits per heavy atom. The second kappa shape index (κ2) is 10.6. The third-order valence-electron chi connectivity index (χ3n) is 10.6. The van der Waals surface area contributed by atoms with Gasteiger partial charge in [0.2, 0.25) is 0 Å². The van der Waals surface area contributed by atoms with Crippen LogP contribution in [0.15, 0.2) is 30.9 Å². The van der Waals surface area contributed by atoms with Crippen LogP contribution in [0.25, 0.3) is 0 Å². The average Bonchev–Trinajstić information content (AvgIpc) is 3.47. The Morgan fingerprint density at radius 1 is 1.16 bits per heavy atom. The van der Waals surface area contributed by atoms with E-state index >= 15 is 0 Å². The Bertz CT molecular complexity index is 1090. The predicted molar refractivity (Wildman–Crippen MR) is 149 cm³/mol. The number of aliphatic hydroxyl groups is 1. The van der Waals surface area contributed by atoms with E-state index in [1.54, 1.807) is 6.07 Å². The Labute approximate surface area is 223 Å². The lowest BCUT2D eigenvalue weighted by atomic mass is 9.44. The maximum atomic E-state index is 11.4. The summed E-state index contributed by atoms with van der Waals surface area (Å²) in [6, 6.07) is 5.78. The molecule has 1 aliphatic heterocycles. The number of hydrogen-bond acceptors (Lipinski definition) is 4. The molecule has 3 unspecified atom stereocenters. The summed E-state index contributed by atoms with van der Waals surface area (Å²) in [5, 5.41) is 11.2. The summed E-state index contributed by atoms with van der Waals surface area (Å²) < 4.78 is 34.3. The van der Waals surface area contributed by atoms with Crippen molar-refractivity contribution in [2.75, 3.05) is 24.4 Å². The van der Waals surface area contributed by atoms with Crippen molar-refractivity contribution in [3.05, 3.63) is 42.0 Å². The van der Waals surface area contributed by atoms with Gasteiger partial charge in [-0.3, -0.25) is 9.27 Å². The number of nitrogens with zero attached hydrogens (tertiary/aromatic N) is 1. The van der Waals surface area contributed by atoms with Crippen LogP contribution in [0.3, 0.4) is 0 Å². The van der Waals surface area contributed by atoms with Gasteiger partial charge in [0.05, 0.1) is 11.8 Å². The number of benzene rings is 1. The zero-order valence-corrected chi connectivity index (χ0v) is 23.3. The molecule has 3 fully saturated rings. The van der Waals surface area contributed by atoms with Crippen LogP contribution >= 0.6 is 0 Å². The smallest absolute Gasteiger partial charge is 0.357 e. The Morgan fingerprint density at radius 3 is 2.65 bits per heavy atom. The number of allylic oxidation sites excluding steroid dienone is 1. The number of aliphatic hydroxyl groups excluding tert-OH is 1. The van der Waals surface area contributed by atoms with Gasteiger partial charge < -0.3 is 10.0 Å². The third kappa shape index (κ3) is 5.26. The predicted octanol–water partition coefficient (Wildman–Crippen LogP) is 5.95. The average molecular weight is 531 g/mol. The van der Waals surface area contributed by atoms with E-state index in [9.17, 15) is 18.1 Å². The molecule has 1 aromatic rings. The van der Waals surface area contributed by atoms with E-state index in [0.717, 1.165) is 38.5 Å². The summed E-state index contributed by atoms with van der Waals surface area (Å²) in [6.45, 7) is 10.5. The van der Waals surface area contributed by atoms with Crippen LogP contribution in [0.1, 0.15) is 94.6 Å². The summed E-state index contributed by atoms with van der Waals surface area (Å²) in [7, 11) is -4.30. The number of rotatable bonds is 10. The zero-order valence-electron chi connectivity index (χ0n) is 22.5. The summed E-state index contributed by atoms with van der Waals surface area (Å²) >= 11 is 0. The molecular formula is C30H46N2O4S. The van der Waals surface area contributed by atoms with Crippen LogP contribution in [-0.4, -0.2) is 48.7 Å². The lowest BCUT2D eigenvalue weighted by Crippen LogP contribution is -2.54. The van der Waals surface area contributed by atoms with Gasteiger partial charge in [-0.25, -0.2) is 0 Å². The molecule has 5 rings (SSSR count). The first-order chi connectivity index (χ1) is 17.7. The topological polar surface area (TPSA) is 89.9 Å². The summed E-state index contributed by atoms with van der Waals surface area (Å²) in [6.07, 6.45) is 15.7. The second-order valence-corrected chi connectivity index (χ2v) is 13.8. The molecule has 0 spiro atoms. The molecule has 1 heterocycles. The highest BCUT2D eigenvalue weighted by Gasteiger charge is 2.63. The minimum atomic E-state index is -4.30. The van der Waals surface area contributed by atoms with Crippen molar-refractivity contribution >= 4 is 16.0 Å². The van der Waals surface area contributed by atoms with Crippen LogP contribution in [0.5, 0.6) is 0 Å². The number of aryl methyl sites for hydroxylation is 1. The number of fused-ring (bicyclic) bond motifs is 5. The van der Waals surface area contributed by atoms with Crippen LogP contribution in [0.4, 0.5) is 5.69 Å². The van der Waals surface area contributed by atoms with Crippen molar-refractivity contribution in [2.45, 2.75) is 96.0 Å². The molecule has 0 aromatic heterocycles. The lowest BCUT2D eigenvalue weighted by Gasteiger charge is -2.60. The molecule has 2 saturated carbocycles. The van der Waals surface area contributed by atoms with Crippen molar-refractivity contribution in [1.29, 1.82) is 0 Å². The molecule has 6 nitrogen and oxygen atoms in total. The molecule has 3 aliphatic carbocycles. The second-order valence-electron chi connectivity index (χ2n) is 12.7. The molecule has 37 heavy (non-hydrogen) atoms. The highest BCUT2D eigenvalue weighted by Crippen LogP contribution is 2.69. The molecule has 1 aromatic carbocycles. The molecule has 0 amide bonds. The van der Waals surface area contributed by atoms with Crippen molar-refractivity contribution in [3.8, 4) is 0 Å². The van der Waals surface area contributed by atoms with E-state index in [-0.39, 0.29) is 16.9 Å². The quantitative estimate of drug-likeness (QED) is 0.198. The Hall–Kier alpha value is -1.41. The molecule has 0 radical (unpaired) electrons. The van der Waals surface area contributed by atoms with Crippen LogP contribution in [0.2, 0.25) is 0 Å². The van der Waals surface area contributed by atoms with Crippen LogP contribution in [0, 0.1) is 22.7 Å². The van der Waals surface area contributed by atoms with Gasteiger partial charge in [-0.15, -0.1) is 6.58 Å². The molecular weight excluding hydrogens is 484 g/mol. The summed E-state index contributed by atoms with van der Waals surface area (Å²) in [4.78, 5) is 2.60. The monoisotopic (exact) mass is 530 g/mol. The molecule has 0 bridgehead atoms. The molecule has 7 heteroatoms. The number of likely N-dealkylation sites (tertiary alicyclic amines) is 1. The van der Waals surface area contributed by atoms with Gasteiger partial charge in [0.25, 0.3) is 0 Å². The van der Waals surface area contributed by atoms with Crippen molar-refractivity contribution < 1.29 is 18.1 Å². The van der Waals surface area contributed by atoms with Gasteiger partial charge in [0.15, 0.2) is 0 Å². The first kappa shape index (κ1) is 27.2. The zero-order chi connectivity index (χ0) is 26.3. The highest BCUT2D eigenvalue weighted by atomic mass is 32.2. The minimum Gasteiger partial charge on any atom is -0.393 e. The summed E-state index contributed by atoms with van der Waals surface area (Å²) in [5.74, 6) is 1.21. The largest absolute Gasteiger partial charge is 0.393 e. The first-order valence-electron chi connectivity index (χ1n) is 14.6. The van der Waals surface area contributed by atoms with E-state index in [1.165, 1.54) is 69.3 Å². The van der Waals surface area contributed by atoms with E-state index in [0.29, 0.717) is 23.4 Å². The van der Waals surface area contributed by atoms with Crippen molar-refractivity contribution in [1.82, 2.24) is 4.90 Å². The Kier molecular flexibility index (Phi) is 7.81. The molecule has 4 aliphatic rings. The molecule has 3 N–H and O–H groups in total. The fourth-order valence-corrected chi connectivity index (χ4v) is 9.44. The van der Waals surface area contributed by atoms with E-state index in [2.05, 4.69) is 35.3 Å². The van der Waals surface area contributed by atoms with Gasteiger partial charge >= 0.3 is 10.3 Å². The van der Waals surface area contributed by atoms with Crippen molar-refractivity contribution in [2.24, 2.45) is 22.7 Å². The van der Waals surface area contributed by atoms with E-state index in [1.807, 2.05) is 6.07 Å². The van der Waals surface area contributed by atoms with Gasteiger partial charge in [0, 0.05) is 0 Å². The van der Waals surface area contributed by atoms with Crippen molar-refractivity contribution in [3.63, 3.8) is 0 Å². The van der Waals surface area contributed by atoms with Gasteiger partial charge in [-0.05, 0) is 129 Å². The standard InChI is InChI=1S/C30H46N2O4S/c1-3-30-16-15-22-20-24(31-37(34,35)36)11-12-25(22)28(30)23(21-29(2)26(30)13-14-27(29)33)10-6-4-5-7-17-32-18-8-9-19-32/h3,11-12,20,23,26-28,31,33H,1,4-10,13-19,21H2,2H3,(H,34,35,36)/t23-,26?,27-,28?,29-,30?/m0/s1. The molecule has 6 atom stereocenters. The van der Waals surface area contributed by atoms with Gasteiger partial charge in [-0.2, -0.15) is 8.42 Å². The van der Waals surface area contributed by atoms with Gasteiger partial charge in [-0.1, -0.05) is 38.3 Å². The normalized spacial score (nSPS) is 35.5. The fraction of sp³-hybridized carbons (Fsp3) is 0.733.